The number of fused-ring (bicyclic) bond motifs is 1. The molecule has 0 fully saturated rings. The summed E-state index contributed by atoms with van der Waals surface area (Å²) >= 11 is 0. The van der Waals surface area contributed by atoms with E-state index >= 15 is 0 Å². The second-order valence-electron chi connectivity index (χ2n) is 6.50. The predicted molar refractivity (Wildman–Crippen MR) is 105 cm³/mol. The zero-order valence-corrected chi connectivity index (χ0v) is 15.2. The summed E-state index contributed by atoms with van der Waals surface area (Å²) in [4.78, 5) is 20.3. The Morgan fingerprint density at radius 3 is 2.28 bits per heavy atom. The molecule has 0 amide bonds. The van der Waals surface area contributed by atoms with Gasteiger partial charge in [0.2, 0.25) is 0 Å². The molecule has 0 unspecified atom stereocenters. The Morgan fingerprint density at radius 1 is 0.931 bits per heavy atom. The summed E-state index contributed by atoms with van der Waals surface area (Å²) in [6.07, 6.45) is -3.10. The first-order valence-electron chi connectivity index (χ1n) is 8.76. The monoisotopic (exact) mass is 396 g/mol. The van der Waals surface area contributed by atoms with Crippen LogP contribution in [-0.4, -0.2) is 16.3 Å². The van der Waals surface area contributed by atoms with Crippen LogP contribution in [0.2, 0.25) is 0 Å². The number of pyridine rings is 2. The topological polar surface area (TPSA) is 55.0 Å². The molecular formula is C22H15F3N2O2. The quantitative estimate of drug-likeness (QED) is 0.500. The number of halogens is 3. The fourth-order valence-corrected chi connectivity index (χ4v) is 3.16. The number of para-hydroxylation sites is 1. The highest BCUT2D eigenvalue weighted by Gasteiger charge is 2.30. The van der Waals surface area contributed by atoms with Crippen molar-refractivity contribution < 1.29 is 17.9 Å². The van der Waals surface area contributed by atoms with Crippen LogP contribution in [0.3, 0.4) is 0 Å². The van der Waals surface area contributed by atoms with Crippen LogP contribution in [0.4, 0.5) is 13.2 Å². The Bertz CT molecular complexity index is 1230. The van der Waals surface area contributed by atoms with Crippen LogP contribution in [0.1, 0.15) is 5.56 Å². The number of aromatic nitrogens is 2. The SMILES string of the molecule is Cc1c(-c2ccc(-c3ccc(OC(F)(F)F)cc3)nc2)[nH]c2ccccc2c1=O. The second kappa shape index (κ2) is 7.09. The number of aromatic amines is 1. The minimum absolute atomic E-state index is 0.0429. The van der Waals surface area contributed by atoms with Gasteiger partial charge in [-0.05, 0) is 55.5 Å². The van der Waals surface area contributed by atoms with E-state index in [9.17, 15) is 18.0 Å². The molecule has 4 nitrogen and oxygen atoms in total. The summed E-state index contributed by atoms with van der Waals surface area (Å²) in [6.45, 7) is 1.76. The fraction of sp³-hybridized carbons (Fsp3) is 0.0909. The number of nitrogens with zero attached hydrogens (tertiary/aromatic N) is 1. The van der Waals surface area contributed by atoms with E-state index in [1.807, 2.05) is 24.3 Å². The Kier molecular flexibility index (Phi) is 4.58. The van der Waals surface area contributed by atoms with Crippen LogP contribution in [0.15, 0.2) is 71.7 Å². The van der Waals surface area contributed by atoms with Crippen LogP contribution < -0.4 is 10.2 Å². The number of H-pyrrole nitrogens is 1. The minimum Gasteiger partial charge on any atom is -0.406 e. The van der Waals surface area contributed by atoms with Gasteiger partial charge in [0.15, 0.2) is 5.43 Å². The first-order chi connectivity index (χ1) is 13.8. The Balaban J connectivity index is 1.66. The average Bonchev–Trinajstić information content (AvgIpc) is 2.70. The molecule has 146 valence electrons. The van der Waals surface area contributed by atoms with E-state index in [1.54, 1.807) is 25.3 Å². The van der Waals surface area contributed by atoms with Crippen molar-refractivity contribution in [2.24, 2.45) is 0 Å². The minimum atomic E-state index is -4.73. The van der Waals surface area contributed by atoms with Gasteiger partial charge in [0.25, 0.3) is 0 Å². The molecular weight excluding hydrogens is 381 g/mol. The maximum absolute atomic E-state index is 12.6. The molecule has 4 aromatic rings. The third kappa shape index (κ3) is 3.85. The number of hydrogen-bond acceptors (Lipinski definition) is 3. The van der Waals surface area contributed by atoms with Crippen molar-refractivity contribution >= 4 is 10.9 Å². The van der Waals surface area contributed by atoms with Gasteiger partial charge in [0.1, 0.15) is 5.75 Å². The lowest BCUT2D eigenvalue weighted by Crippen LogP contribution is -2.16. The lowest BCUT2D eigenvalue weighted by atomic mass is 10.0. The highest BCUT2D eigenvalue weighted by molar-refractivity contribution is 5.83. The summed E-state index contributed by atoms with van der Waals surface area (Å²) in [5, 5.41) is 0.625. The highest BCUT2D eigenvalue weighted by Crippen LogP contribution is 2.27. The maximum Gasteiger partial charge on any atom is 0.573 e. The van der Waals surface area contributed by atoms with Gasteiger partial charge in [0, 0.05) is 33.8 Å². The van der Waals surface area contributed by atoms with E-state index in [2.05, 4.69) is 14.7 Å². The number of benzene rings is 2. The largest absolute Gasteiger partial charge is 0.573 e. The van der Waals surface area contributed by atoms with E-state index in [-0.39, 0.29) is 11.2 Å². The van der Waals surface area contributed by atoms with Crippen LogP contribution >= 0.6 is 0 Å². The average molecular weight is 396 g/mol. The van der Waals surface area contributed by atoms with Crippen LogP contribution in [0.5, 0.6) is 5.75 Å². The van der Waals surface area contributed by atoms with Gasteiger partial charge in [-0.3, -0.25) is 9.78 Å². The first kappa shape index (κ1) is 18.7. The summed E-state index contributed by atoms with van der Waals surface area (Å²) in [7, 11) is 0. The molecule has 7 heteroatoms. The van der Waals surface area contributed by atoms with Gasteiger partial charge in [-0.2, -0.15) is 0 Å². The summed E-state index contributed by atoms with van der Waals surface area (Å²) in [5.41, 5.74) is 3.95. The maximum atomic E-state index is 12.6. The first-order valence-corrected chi connectivity index (χ1v) is 8.76. The molecule has 1 N–H and O–H groups in total. The van der Waals surface area contributed by atoms with E-state index in [4.69, 9.17) is 0 Å². The summed E-state index contributed by atoms with van der Waals surface area (Å²) < 4.78 is 40.7. The summed E-state index contributed by atoms with van der Waals surface area (Å²) in [6, 6.07) is 16.3. The van der Waals surface area contributed by atoms with Gasteiger partial charge in [0.05, 0.1) is 11.4 Å². The fourth-order valence-electron chi connectivity index (χ4n) is 3.16. The number of alkyl halides is 3. The van der Waals surface area contributed by atoms with Crippen molar-refractivity contribution in [3.8, 4) is 28.3 Å². The smallest absolute Gasteiger partial charge is 0.406 e. The Morgan fingerprint density at radius 2 is 1.62 bits per heavy atom. The van der Waals surface area contributed by atoms with Crippen molar-refractivity contribution in [3.05, 3.63) is 82.6 Å². The van der Waals surface area contributed by atoms with Crippen molar-refractivity contribution in [1.82, 2.24) is 9.97 Å². The molecule has 0 aliphatic heterocycles. The summed E-state index contributed by atoms with van der Waals surface area (Å²) in [5.74, 6) is -0.290. The zero-order valence-electron chi connectivity index (χ0n) is 15.2. The second-order valence-corrected chi connectivity index (χ2v) is 6.50. The number of nitrogens with one attached hydrogen (secondary N) is 1. The normalized spacial score (nSPS) is 11.6. The molecule has 0 aliphatic carbocycles. The molecule has 4 rings (SSSR count). The molecule has 0 saturated carbocycles. The number of hydrogen-bond donors (Lipinski definition) is 1. The molecule has 0 spiro atoms. The van der Waals surface area contributed by atoms with E-state index in [0.717, 1.165) is 11.1 Å². The highest BCUT2D eigenvalue weighted by atomic mass is 19.4. The van der Waals surface area contributed by atoms with E-state index in [1.165, 1.54) is 24.3 Å². The molecule has 0 bridgehead atoms. The molecule has 29 heavy (non-hydrogen) atoms. The Hall–Kier alpha value is -3.61. The van der Waals surface area contributed by atoms with Crippen molar-refractivity contribution in [1.29, 1.82) is 0 Å². The Labute approximate surface area is 163 Å². The predicted octanol–water partition coefficient (Wildman–Crippen LogP) is 5.46. The number of ether oxygens (including phenoxy) is 1. The molecule has 0 saturated heterocycles. The zero-order chi connectivity index (χ0) is 20.6. The van der Waals surface area contributed by atoms with Gasteiger partial charge in [-0.1, -0.05) is 12.1 Å². The van der Waals surface area contributed by atoms with Gasteiger partial charge in [-0.15, -0.1) is 13.2 Å². The molecule has 0 radical (unpaired) electrons. The van der Waals surface area contributed by atoms with Crippen molar-refractivity contribution in [3.63, 3.8) is 0 Å². The third-order valence-corrected chi connectivity index (χ3v) is 4.58. The van der Waals surface area contributed by atoms with Gasteiger partial charge >= 0.3 is 6.36 Å². The van der Waals surface area contributed by atoms with Crippen LogP contribution in [0.25, 0.3) is 33.4 Å². The lowest BCUT2D eigenvalue weighted by Gasteiger charge is -2.10. The molecule has 0 aliphatic rings. The third-order valence-electron chi connectivity index (χ3n) is 4.58. The molecule has 2 aromatic heterocycles. The van der Waals surface area contributed by atoms with Gasteiger partial charge in [-0.25, -0.2) is 0 Å². The van der Waals surface area contributed by atoms with E-state index < -0.39 is 6.36 Å². The van der Waals surface area contributed by atoms with E-state index in [0.29, 0.717) is 27.9 Å². The molecule has 2 heterocycles. The van der Waals surface area contributed by atoms with Crippen LogP contribution in [-0.2, 0) is 0 Å². The number of rotatable bonds is 3. The van der Waals surface area contributed by atoms with Crippen molar-refractivity contribution in [2.45, 2.75) is 13.3 Å². The molecule has 0 atom stereocenters. The van der Waals surface area contributed by atoms with Gasteiger partial charge < -0.3 is 9.72 Å². The standard InChI is InChI=1S/C22H15F3N2O2/c1-13-20(27-19-5-3-2-4-17(19)21(13)28)15-8-11-18(26-12-15)14-6-9-16(10-7-14)29-22(23,24)25/h2-12H,1H3,(H,27,28). The van der Waals surface area contributed by atoms with Crippen LogP contribution in [0, 0.1) is 6.92 Å². The molecule has 2 aromatic carbocycles. The van der Waals surface area contributed by atoms with Crippen molar-refractivity contribution in [2.75, 3.05) is 0 Å². The lowest BCUT2D eigenvalue weighted by molar-refractivity contribution is -0.274.